The zero-order valence-corrected chi connectivity index (χ0v) is 19.9. The molecule has 1 saturated heterocycles. The minimum atomic E-state index is -3.62. The maximum absolute atomic E-state index is 13.1. The second-order valence-electron chi connectivity index (χ2n) is 8.78. The first-order valence-corrected chi connectivity index (χ1v) is 12.5. The summed E-state index contributed by atoms with van der Waals surface area (Å²) in [6, 6.07) is 10.4. The maximum atomic E-state index is 13.1. The number of piperidine rings is 1. The number of halogens is 1. The van der Waals surface area contributed by atoms with Crippen molar-refractivity contribution in [2.75, 3.05) is 13.1 Å². The molecule has 1 aliphatic rings. The Bertz CT molecular complexity index is 1250. The van der Waals surface area contributed by atoms with Crippen LogP contribution in [-0.2, 0) is 16.4 Å². The molecule has 0 unspecified atom stereocenters. The van der Waals surface area contributed by atoms with Gasteiger partial charge in [-0.25, -0.2) is 18.1 Å². The number of nitrogens with zero attached hydrogens (tertiary/aromatic N) is 3. The largest absolute Gasteiger partial charge is 0.294 e. The zero-order valence-electron chi connectivity index (χ0n) is 18.4. The van der Waals surface area contributed by atoms with Gasteiger partial charge in [-0.05, 0) is 55.0 Å². The third-order valence-corrected chi connectivity index (χ3v) is 7.98. The predicted molar refractivity (Wildman–Crippen MR) is 125 cm³/mol. The molecule has 1 fully saturated rings. The van der Waals surface area contributed by atoms with E-state index in [2.05, 4.69) is 23.9 Å². The zero-order chi connectivity index (χ0) is 23.0. The number of hydrogen-bond donors (Lipinski definition) is 1. The minimum Gasteiger partial charge on any atom is -0.294 e. The molecule has 3 heterocycles. The Kier molecular flexibility index (Phi) is 6.29. The molecule has 0 aliphatic carbocycles. The van der Waals surface area contributed by atoms with Crippen LogP contribution in [0.2, 0.25) is 5.02 Å². The first-order chi connectivity index (χ1) is 15.1. The second kappa shape index (κ2) is 8.84. The Morgan fingerprint density at radius 1 is 1.09 bits per heavy atom. The average Bonchev–Trinajstić information content (AvgIpc) is 3.03. The Labute approximate surface area is 193 Å². The first-order valence-electron chi connectivity index (χ1n) is 10.7. The topological polar surface area (TPSA) is 88.1 Å². The second-order valence-corrected chi connectivity index (χ2v) is 11.2. The number of aromatic nitrogens is 3. The normalized spacial score (nSPS) is 19.9. The molecular formula is C23H27ClN4O3S. The predicted octanol–water partition coefficient (Wildman–Crippen LogP) is 3.78. The van der Waals surface area contributed by atoms with Gasteiger partial charge < -0.3 is 0 Å². The van der Waals surface area contributed by atoms with E-state index in [1.54, 1.807) is 18.2 Å². The van der Waals surface area contributed by atoms with Gasteiger partial charge in [-0.1, -0.05) is 37.6 Å². The van der Waals surface area contributed by atoms with Crippen LogP contribution < -0.4 is 5.56 Å². The lowest BCUT2D eigenvalue weighted by Crippen LogP contribution is -2.42. The van der Waals surface area contributed by atoms with Crippen molar-refractivity contribution in [3.8, 4) is 5.82 Å². The molecule has 9 heteroatoms. The van der Waals surface area contributed by atoms with Crippen LogP contribution in [0, 0.1) is 18.8 Å². The van der Waals surface area contributed by atoms with Gasteiger partial charge >= 0.3 is 0 Å². The van der Waals surface area contributed by atoms with Crippen molar-refractivity contribution in [1.82, 2.24) is 19.1 Å². The van der Waals surface area contributed by atoms with Crippen molar-refractivity contribution in [1.29, 1.82) is 0 Å². The highest BCUT2D eigenvalue weighted by molar-refractivity contribution is 7.89. The number of nitrogens with one attached hydrogen (secondary N) is 1. The summed E-state index contributed by atoms with van der Waals surface area (Å²) in [5.74, 6) is 0.986. The molecule has 3 aromatic rings. The molecule has 7 nitrogen and oxygen atoms in total. The number of pyridine rings is 1. The Balaban J connectivity index is 1.59. The first kappa shape index (κ1) is 22.8. The van der Waals surface area contributed by atoms with Crippen LogP contribution in [0.15, 0.2) is 52.3 Å². The van der Waals surface area contributed by atoms with Gasteiger partial charge in [-0.2, -0.15) is 4.31 Å². The minimum absolute atomic E-state index is 0.139. The van der Waals surface area contributed by atoms with E-state index >= 15 is 0 Å². The maximum Gasteiger partial charge on any atom is 0.276 e. The highest BCUT2D eigenvalue weighted by atomic mass is 35.5. The van der Waals surface area contributed by atoms with Crippen molar-refractivity contribution >= 4 is 21.6 Å². The van der Waals surface area contributed by atoms with Crippen LogP contribution >= 0.6 is 11.6 Å². The summed E-state index contributed by atoms with van der Waals surface area (Å²) >= 11 is 5.94. The van der Waals surface area contributed by atoms with E-state index in [1.807, 2.05) is 19.1 Å². The van der Waals surface area contributed by atoms with Crippen molar-refractivity contribution < 1.29 is 8.42 Å². The summed E-state index contributed by atoms with van der Waals surface area (Å²) in [7, 11) is -3.62. The monoisotopic (exact) mass is 474 g/mol. The Morgan fingerprint density at radius 3 is 2.34 bits per heavy atom. The van der Waals surface area contributed by atoms with Gasteiger partial charge in [-0.15, -0.1) is 0 Å². The fourth-order valence-electron chi connectivity index (χ4n) is 4.37. The van der Waals surface area contributed by atoms with Crippen LogP contribution in [0.5, 0.6) is 0 Å². The molecule has 4 rings (SSSR count). The summed E-state index contributed by atoms with van der Waals surface area (Å²) in [4.78, 5) is 17.4. The molecule has 32 heavy (non-hydrogen) atoms. The molecule has 0 bridgehead atoms. The van der Waals surface area contributed by atoms with Crippen molar-refractivity contribution in [2.24, 2.45) is 11.8 Å². The van der Waals surface area contributed by atoms with Crippen molar-refractivity contribution in [3.63, 3.8) is 0 Å². The van der Waals surface area contributed by atoms with Crippen LogP contribution in [-0.4, -0.2) is 40.6 Å². The Morgan fingerprint density at radius 2 is 1.75 bits per heavy atom. The summed E-state index contributed by atoms with van der Waals surface area (Å²) in [5, 5.41) is 3.69. The summed E-state index contributed by atoms with van der Waals surface area (Å²) in [5.41, 5.74) is 2.13. The van der Waals surface area contributed by atoms with E-state index in [-0.39, 0.29) is 10.5 Å². The molecule has 0 amide bonds. The third-order valence-electron chi connectivity index (χ3n) is 5.91. The molecule has 0 radical (unpaired) electrons. The van der Waals surface area contributed by atoms with Crippen LogP contribution in [0.1, 0.15) is 37.1 Å². The van der Waals surface area contributed by atoms with Gasteiger partial charge in [0.25, 0.3) is 5.56 Å². The molecular weight excluding hydrogens is 448 g/mol. The molecule has 1 N–H and O–H groups in total. The van der Waals surface area contributed by atoms with Gasteiger partial charge in [0, 0.05) is 42.0 Å². The molecule has 2 aromatic heterocycles. The molecule has 170 valence electrons. The average molecular weight is 475 g/mol. The quantitative estimate of drug-likeness (QED) is 0.609. The van der Waals surface area contributed by atoms with Gasteiger partial charge in [0.05, 0.1) is 0 Å². The smallest absolute Gasteiger partial charge is 0.276 e. The fraction of sp³-hybridized carbons (Fsp3) is 0.391. The number of H-pyrrole nitrogens is 1. The summed E-state index contributed by atoms with van der Waals surface area (Å²) in [6.45, 7) is 7.00. The number of hydrogen-bond acceptors (Lipinski definition) is 4. The van der Waals surface area contributed by atoms with Gasteiger partial charge in [0.15, 0.2) is 5.82 Å². The molecule has 1 aliphatic heterocycles. The number of benzene rings is 1. The molecule has 2 atom stereocenters. The third kappa shape index (κ3) is 4.53. The van der Waals surface area contributed by atoms with Gasteiger partial charge in [-0.3, -0.25) is 9.89 Å². The SMILES string of the molecule is Cc1[nH]n(-c2ccc(S(=O)(=O)N3C[C@H](C)C[C@H](C)C3)cn2)c(=O)c1Cc1ccc(Cl)cc1. The standard InChI is InChI=1S/C23H27ClN4O3S/c1-15-10-16(2)14-27(13-15)32(30,31)20-8-9-22(25-12-20)28-23(29)21(17(3)26-28)11-18-4-6-19(24)7-5-18/h4-9,12,15-16,26H,10-11,13-14H2,1-3H3/t15-,16+. The summed E-state index contributed by atoms with van der Waals surface area (Å²) in [6.07, 6.45) is 2.82. The highest BCUT2D eigenvalue weighted by Gasteiger charge is 2.32. The van der Waals surface area contributed by atoms with Crippen LogP contribution in [0.3, 0.4) is 0 Å². The lowest BCUT2D eigenvalue weighted by atomic mass is 9.94. The van der Waals surface area contributed by atoms with Gasteiger partial charge in [0.1, 0.15) is 4.90 Å². The lowest BCUT2D eigenvalue weighted by Gasteiger charge is -2.33. The number of aryl methyl sites for hydroxylation is 1. The summed E-state index contributed by atoms with van der Waals surface area (Å²) < 4.78 is 29.0. The fourth-order valence-corrected chi connectivity index (χ4v) is 6.12. The van der Waals surface area contributed by atoms with E-state index in [0.717, 1.165) is 17.7 Å². The van der Waals surface area contributed by atoms with Crippen LogP contribution in [0.4, 0.5) is 0 Å². The Hall–Kier alpha value is -2.42. The number of rotatable bonds is 5. The van der Waals surface area contributed by atoms with Gasteiger partial charge in [0.2, 0.25) is 10.0 Å². The number of sulfonamides is 1. The van der Waals surface area contributed by atoms with Crippen molar-refractivity contribution in [2.45, 2.75) is 38.5 Å². The molecule has 1 aromatic carbocycles. The van der Waals surface area contributed by atoms with E-state index in [1.165, 1.54) is 21.3 Å². The van der Waals surface area contributed by atoms with E-state index in [0.29, 0.717) is 47.8 Å². The number of aromatic amines is 1. The van der Waals surface area contributed by atoms with E-state index in [9.17, 15) is 13.2 Å². The molecule has 0 spiro atoms. The van der Waals surface area contributed by atoms with Crippen molar-refractivity contribution in [3.05, 3.63) is 74.8 Å². The highest BCUT2D eigenvalue weighted by Crippen LogP contribution is 2.26. The van der Waals surface area contributed by atoms with Crippen LogP contribution in [0.25, 0.3) is 5.82 Å². The van der Waals surface area contributed by atoms with E-state index in [4.69, 9.17) is 11.6 Å². The van der Waals surface area contributed by atoms with E-state index < -0.39 is 10.0 Å². The molecule has 0 saturated carbocycles. The lowest BCUT2D eigenvalue weighted by molar-refractivity contribution is 0.222.